The Labute approximate surface area is 177 Å². The van der Waals surface area contributed by atoms with Crippen molar-refractivity contribution < 1.29 is 27.7 Å². The Hall–Kier alpha value is -2.47. The Kier molecular flexibility index (Phi) is 6.70. The van der Waals surface area contributed by atoms with Gasteiger partial charge in [0.2, 0.25) is 5.95 Å². The first kappa shape index (κ1) is 23.2. The number of ether oxygens (including phenoxy) is 2. The van der Waals surface area contributed by atoms with Gasteiger partial charge in [0, 0.05) is 6.42 Å². The lowest BCUT2D eigenvalue weighted by Gasteiger charge is -2.22. The van der Waals surface area contributed by atoms with E-state index in [0.717, 1.165) is 0 Å². The van der Waals surface area contributed by atoms with Crippen molar-refractivity contribution in [3.63, 3.8) is 0 Å². The molecule has 1 aliphatic rings. The molecule has 0 radical (unpaired) electrons. The zero-order chi connectivity index (χ0) is 22.9. The third-order valence-electron chi connectivity index (χ3n) is 4.55. The fourth-order valence-electron chi connectivity index (χ4n) is 3.22. The molecule has 1 saturated heterocycles. The number of nitrogens with zero attached hydrogens (tertiary/aromatic N) is 3. The van der Waals surface area contributed by atoms with E-state index in [9.17, 15) is 14.2 Å². The number of carbonyl (C=O) groups is 1. The molecule has 170 valence electrons. The van der Waals surface area contributed by atoms with E-state index in [0.29, 0.717) is 0 Å². The average molecular weight is 459 g/mol. The third-order valence-corrected chi connectivity index (χ3v) is 5.53. The first-order chi connectivity index (χ1) is 14.5. The molecule has 12 nitrogen and oxygen atoms in total. The number of anilines is 1. The predicted molar refractivity (Wildman–Crippen MR) is 108 cm³/mol. The average Bonchev–Trinajstić information content (AvgIpc) is 3.19. The Balaban J connectivity index is 1.63. The molecule has 2 aromatic heterocycles. The zero-order valence-corrected chi connectivity index (χ0v) is 18.4. The van der Waals surface area contributed by atoms with Crippen LogP contribution >= 0.6 is 8.18 Å². The number of alkyl halides is 1. The van der Waals surface area contributed by atoms with E-state index in [4.69, 9.17) is 19.7 Å². The minimum absolute atomic E-state index is 0.00264. The summed E-state index contributed by atoms with van der Waals surface area (Å²) in [6.45, 7) is 6.04. The van der Waals surface area contributed by atoms with Crippen molar-refractivity contribution in [2.24, 2.45) is 0 Å². The summed E-state index contributed by atoms with van der Waals surface area (Å²) in [7, 11) is -2.42. The minimum atomic E-state index is -2.42. The van der Waals surface area contributed by atoms with Crippen LogP contribution in [0.3, 0.4) is 0 Å². The topological polar surface area (TPSA) is 163 Å². The standard InChI is InChI=1S/C17H24FN6O6P/c1-8(2)29-14(26)9(3)23-31(27)28-6-10-5-17(4,18)15(30-10)24-7-20-11-12(24)21-16(19)22-13(11)25/h7-10,15H,5-6H2,1-4H3,(H3-,19,21,22,23,25,27)/p+1/t9-,10-,15+,17+/m0/s1. The molecule has 0 bridgehead atoms. The van der Waals surface area contributed by atoms with Crippen LogP contribution in [0.5, 0.6) is 0 Å². The van der Waals surface area contributed by atoms with Gasteiger partial charge in [-0.15, -0.1) is 4.52 Å². The minimum Gasteiger partial charge on any atom is -0.462 e. The molecule has 0 amide bonds. The smallest absolute Gasteiger partial charge is 0.462 e. The summed E-state index contributed by atoms with van der Waals surface area (Å²) in [5.41, 5.74) is 3.27. The highest BCUT2D eigenvalue weighted by atomic mass is 31.1. The Morgan fingerprint density at radius 3 is 2.94 bits per heavy atom. The van der Waals surface area contributed by atoms with Crippen LogP contribution in [0.1, 0.15) is 40.3 Å². The van der Waals surface area contributed by atoms with E-state index in [-0.39, 0.29) is 36.2 Å². The molecule has 0 saturated carbocycles. The number of hydrogen-bond donors (Lipinski definition) is 3. The van der Waals surface area contributed by atoms with Gasteiger partial charge in [-0.25, -0.2) is 9.37 Å². The molecule has 1 unspecified atom stereocenters. The van der Waals surface area contributed by atoms with E-state index in [1.54, 1.807) is 13.8 Å². The highest BCUT2D eigenvalue weighted by molar-refractivity contribution is 7.36. The summed E-state index contributed by atoms with van der Waals surface area (Å²) in [4.78, 5) is 34.0. The van der Waals surface area contributed by atoms with E-state index in [2.05, 4.69) is 20.0 Å². The molecule has 5 atom stereocenters. The molecule has 1 fully saturated rings. The van der Waals surface area contributed by atoms with Crippen LogP contribution in [-0.4, -0.2) is 56.0 Å². The molecule has 4 N–H and O–H groups in total. The molecule has 1 aliphatic heterocycles. The van der Waals surface area contributed by atoms with Gasteiger partial charge < -0.3 is 15.2 Å². The summed E-state index contributed by atoms with van der Waals surface area (Å²) in [6.07, 6.45) is -1.01. The van der Waals surface area contributed by atoms with Crippen molar-refractivity contribution in [1.82, 2.24) is 24.6 Å². The van der Waals surface area contributed by atoms with Crippen LogP contribution in [0.4, 0.5) is 10.3 Å². The van der Waals surface area contributed by atoms with Gasteiger partial charge in [-0.2, -0.15) is 4.98 Å². The number of aromatic amines is 1. The SMILES string of the molecule is CC(C)OC(=O)[C@H](C)N[P+](=O)OC[C@@H]1C[C@@](C)(F)[C@H](n2cnc3c(=O)[nH]c(N)nc32)O1. The largest absolute Gasteiger partial charge is 0.613 e. The lowest BCUT2D eigenvalue weighted by Crippen LogP contribution is -2.33. The first-order valence-corrected chi connectivity index (χ1v) is 10.8. The number of nitrogens with one attached hydrogen (secondary N) is 2. The zero-order valence-electron chi connectivity index (χ0n) is 17.5. The number of esters is 1. The number of nitrogens with two attached hydrogens (primary N) is 1. The number of imidazole rings is 1. The molecule has 0 aromatic carbocycles. The van der Waals surface area contributed by atoms with Crippen molar-refractivity contribution >= 4 is 31.3 Å². The van der Waals surface area contributed by atoms with Crippen molar-refractivity contribution in [2.75, 3.05) is 12.3 Å². The van der Waals surface area contributed by atoms with Gasteiger partial charge in [-0.3, -0.25) is 19.1 Å². The van der Waals surface area contributed by atoms with Crippen LogP contribution in [0.15, 0.2) is 11.1 Å². The van der Waals surface area contributed by atoms with E-state index in [1.165, 1.54) is 24.7 Å². The van der Waals surface area contributed by atoms with Gasteiger partial charge in [0.25, 0.3) is 5.56 Å². The summed E-state index contributed by atoms with van der Waals surface area (Å²) < 4.78 is 44.6. The summed E-state index contributed by atoms with van der Waals surface area (Å²) in [5.74, 6) is -0.699. The van der Waals surface area contributed by atoms with Gasteiger partial charge in [-0.05, 0) is 32.3 Å². The Morgan fingerprint density at radius 1 is 1.55 bits per heavy atom. The number of H-pyrrole nitrogens is 1. The van der Waals surface area contributed by atoms with Crippen molar-refractivity contribution in [1.29, 1.82) is 0 Å². The third kappa shape index (κ3) is 5.24. The van der Waals surface area contributed by atoms with Crippen molar-refractivity contribution in [3.8, 4) is 0 Å². The second-order valence-corrected chi connectivity index (χ2v) is 8.79. The van der Waals surface area contributed by atoms with Crippen molar-refractivity contribution in [3.05, 3.63) is 16.7 Å². The summed E-state index contributed by atoms with van der Waals surface area (Å²) in [5, 5.41) is 2.49. The molecular weight excluding hydrogens is 434 g/mol. The molecule has 3 heterocycles. The van der Waals surface area contributed by atoms with E-state index >= 15 is 4.39 Å². The lowest BCUT2D eigenvalue weighted by molar-refractivity contribution is -0.149. The first-order valence-electron chi connectivity index (χ1n) is 9.61. The second kappa shape index (κ2) is 8.95. The van der Waals surface area contributed by atoms with Crippen LogP contribution in [0, 0.1) is 0 Å². The number of halogens is 1. The highest BCUT2D eigenvalue weighted by Gasteiger charge is 2.48. The van der Waals surface area contributed by atoms with Crippen LogP contribution in [-0.2, 0) is 23.4 Å². The predicted octanol–water partition coefficient (Wildman–Crippen LogP) is 1.32. The van der Waals surface area contributed by atoms with Crippen molar-refractivity contribution in [2.45, 2.75) is 64.3 Å². The molecule has 2 aromatic rings. The highest BCUT2D eigenvalue weighted by Crippen LogP contribution is 2.42. The molecular formula is C17H25FN6O6P+. The summed E-state index contributed by atoms with van der Waals surface area (Å²) in [6, 6.07) is -0.846. The van der Waals surface area contributed by atoms with Gasteiger partial charge >= 0.3 is 14.1 Å². The second-order valence-electron chi connectivity index (χ2n) is 7.76. The molecule has 31 heavy (non-hydrogen) atoms. The van der Waals surface area contributed by atoms with Gasteiger partial charge in [-0.1, -0.05) is 5.09 Å². The fourth-order valence-corrected chi connectivity index (χ4v) is 4.02. The lowest BCUT2D eigenvalue weighted by atomic mass is 10.0. The molecule has 3 rings (SSSR count). The number of aromatic nitrogens is 4. The van der Waals surface area contributed by atoms with Gasteiger partial charge in [0.15, 0.2) is 23.1 Å². The maximum Gasteiger partial charge on any atom is 0.613 e. The number of nitrogen functional groups attached to an aromatic ring is 1. The number of carbonyl (C=O) groups excluding carboxylic acids is 1. The quantitative estimate of drug-likeness (QED) is 0.387. The normalized spacial score (nSPS) is 25.2. The maximum atomic E-state index is 15.3. The molecule has 0 aliphatic carbocycles. The monoisotopic (exact) mass is 459 g/mol. The number of hydrogen-bond acceptors (Lipinski definition) is 9. The Bertz CT molecular complexity index is 1040. The van der Waals surface area contributed by atoms with Crippen LogP contribution in [0.2, 0.25) is 0 Å². The molecule has 0 spiro atoms. The summed E-state index contributed by atoms with van der Waals surface area (Å²) >= 11 is 0. The molecule has 14 heteroatoms. The number of rotatable bonds is 8. The number of fused-ring (bicyclic) bond motifs is 1. The Morgan fingerprint density at radius 2 is 2.26 bits per heavy atom. The maximum absolute atomic E-state index is 15.3. The van der Waals surface area contributed by atoms with Gasteiger partial charge in [0.05, 0.1) is 18.5 Å². The van der Waals surface area contributed by atoms with Crippen LogP contribution in [0.25, 0.3) is 11.2 Å². The fraction of sp³-hybridized carbons (Fsp3) is 0.647. The van der Waals surface area contributed by atoms with E-state index in [1.807, 2.05) is 0 Å². The van der Waals surface area contributed by atoms with E-state index < -0.39 is 43.7 Å². The van der Waals surface area contributed by atoms with Gasteiger partial charge in [0.1, 0.15) is 12.6 Å². The van der Waals surface area contributed by atoms with Crippen LogP contribution < -0.4 is 16.4 Å².